The smallest absolute Gasteiger partial charge is 0.430 e. The van der Waals surface area contributed by atoms with Crippen LogP contribution in [0.3, 0.4) is 0 Å². The van der Waals surface area contributed by atoms with E-state index in [-0.39, 0.29) is 26.1 Å². The van der Waals surface area contributed by atoms with Gasteiger partial charge in [0.05, 0.1) is 0 Å². The van der Waals surface area contributed by atoms with Crippen LogP contribution < -0.4 is 5.43 Å². The van der Waals surface area contributed by atoms with Crippen LogP contribution in [0.15, 0.2) is 60.7 Å². The number of nitrogens with one attached hydrogen (secondary N) is 1. The van der Waals surface area contributed by atoms with Crippen molar-refractivity contribution in [2.24, 2.45) is 0 Å². The summed E-state index contributed by atoms with van der Waals surface area (Å²) >= 11 is 0. The number of amides is 2. The Labute approximate surface area is 186 Å². The SMILES string of the molecule is CC(=O)[C@@]1(N(NC(=O)OCc2ccccc2)C(=O)OCc2ccccc2)CCCCC1=O. The molecule has 0 heterocycles. The van der Waals surface area contributed by atoms with Crippen LogP contribution in [0.1, 0.15) is 43.7 Å². The molecule has 168 valence electrons. The van der Waals surface area contributed by atoms with Crippen molar-refractivity contribution in [2.45, 2.75) is 51.4 Å². The predicted molar refractivity (Wildman–Crippen MR) is 115 cm³/mol. The Bertz CT molecular complexity index is 963. The highest BCUT2D eigenvalue weighted by Gasteiger charge is 2.53. The van der Waals surface area contributed by atoms with Gasteiger partial charge in [0.25, 0.3) is 0 Å². The highest BCUT2D eigenvalue weighted by atomic mass is 16.6. The summed E-state index contributed by atoms with van der Waals surface area (Å²) in [5.74, 6) is -0.974. The minimum Gasteiger partial charge on any atom is -0.443 e. The number of nitrogens with zero attached hydrogens (tertiary/aromatic N) is 1. The number of ether oxygens (including phenoxy) is 2. The van der Waals surface area contributed by atoms with E-state index in [1.54, 1.807) is 48.5 Å². The monoisotopic (exact) mass is 438 g/mol. The number of rotatable bonds is 6. The molecule has 0 radical (unpaired) electrons. The van der Waals surface area contributed by atoms with Gasteiger partial charge in [-0.1, -0.05) is 60.7 Å². The van der Waals surface area contributed by atoms with Crippen molar-refractivity contribution in [3.63, 3.8) is 0 Å². The van der Waals surface area contributed by atoms with Crippen LogP contribution in [0.4, 0.5) is 9.59 Å². The molecule has 0 unspecified atom stereocenters. The fourth-order valence-corrected chi connectivity index (χ4v) is 3.71. The molecule has 32 heavy (non-hydrogen) atoms. The van der Waals surface area contributed by atoms with Gasteiger partial charge in [-0.3, -0.25) is 9.59 Å². The van der Waals surface area contributed by atoms with Gasteiger partial charge in [-0.25, -0.2) is 15.0 Å². The highest BCUT2D eigenvalue weighted by Crippen LogP contribution is 2.32. The van der Waals surface area contributed by atoms with E-state index in [2.05, 4.69) is 5.43 Å². The molecular formula is C24H26N2O6. The maximum absolute atomic E-state index is 13.0. The Morgan fingerprint density at radius 1 is 0.906 bits per heavy atom. The lowest BCUT2D eigenvalue weighted by Gasteiger charge is -2.41. The third-order valence-electron chi connectivity index (χ3n) is 5.42. The molecule has 2 aromatic rings. The van der Waals surface area contributed by atoms with Crippen molar-refractivity contribution in [3.05, 3.63) is 71.8 Å². The van der Waals surface area contributed by atoms with Crippen LogP contribution >= 0.6 is 0 Å². The maximum Gasteiger partial charge on any atom is 0.430 e. The Morgan fingerprint density at radius 3 is 2.00 bits per heavy atom. The number of Topliss-reactive ketones (excluding diaryl/α,β-unsaturated/α-hetero) is 2. The number of hydrazine groups is 1. The molecule has 0 saturated heterocycles. The van der Waals surface area contributed by atoms with E-state index in [0.717, 1.165) is 11.1 Å². The molecule has 0 bridgehead atoms. The van der Waals surface area contributed by atoms with Crippen molar-refractivity contribution in [1.82, 2.24) is 10.4 Å². The summed E-state index contributed by atoms with van der Waals surface area (Å²) in [6.45, 7) is 1.11. The zero-order valence-electron chi connectivity index (χ0n) is 17.9. The third kappa shape index (κ3) is 5.32. The lowest BCUT2D eigenvalue weighted by Crippen LogP contribution is -2.67. The number of hydrogen-bond acceptors (Lipinski definition) is 6. The van der Waals surface area contributed by atoms with Gasteiger partial charge in [0.2, 0.25) is 0 Å². The molecule has 1 saturated carbocycles. The predicted octanol–water partition coefficient (Wildman–Crippen LogP) is 3.94. The first kappa shape index (κ1) is 23.0. The second-order valence-electron chi connectivity index (χ2n) is 7.60. The largest absolute Gasteiger partial charge is 0.443 e. The average molecular weight is 438 g/mol. The zero-order valence-corrected chi connectivity index (χ0v) is 17.9. The normalized spacial score (nSPS) is 17.8. The summed E-state index contributed by atoms with van der Waals surface area (Å²) in [5.41, 5.74) is 1.95. The summed E-state index contributed by atoms with van der Waals surface area (Å²) in [4.78, 5) is 51.1. The topological polar surface area (TPSA) is 102 Å². The molecule has 1 atom stereocenters. The number of carbonyl (C=O) groups excluding carboxylic acids is 4. The molecule has 0 aromatic heterocycles. The van der Waals surface area contributed by atoms with Gasteiger partial charge in [0.15, 0.2) is 17.1 Å². The molecule has 8 heteroatoms. The van der Waals surface area contributed by atoms with Crippen molar-refractivity contribution in [1.29, 1.82) is 0 Å². The molecule has 1 N–H and O–H groups in total. The second kappa shape index (κ2) is 10.6. The van der Waals surface area contributed by atoms with Crippen LogP contribution in [-0.2, 0) is 32.3 Å². The van der Waals surface area contributed by atoms with E-state index in [0.29, 0.717) is 17.9 Å². The summed E-state index contributed by atoms with van der Waals surface area (Å²) < 4.78 is 10.5. The number of carbonyl (C=O) groups is 4. The van der Waals surface area contributed by atoms with Crippen LogP contribution in [0.2, 0.25) is 0 Å². The van der Waals surface area contributed by atoms with E-state index in [1.807, 2.05) is 12.1 Å². The molecule has 2 amide bonds. The standard InChI is InChI=1S/C24H26N2O6/c1-18(27)24(15-9-8-14-21(24)28)26(23(30)32-17-20-12-6-3-7-13-20)25-22(29)31-16-19-10-4-2-5-11-19/h2-7,10-13H,8-9,14-17H2,1H3,(H,25,29)/t24-/m0/s1. The van der Waals surface area contributed by atoms with Gasteiger partial charge < -0.3 is 9.47 Å². The van der Waals surface area contributed by atoms with E-state index >= 15 is 0 Å². The van der Waals surface area contributed by atoms with Crippen LogP contribution in [0.5, 0.6) is 0 Å². The van der Waals surface area contributed by atoms with E-state index in [1.165, 1.54) is 6.92 Å². The fraction of sp³-hybridized carbons (Fsp3) is 0.333. The fourth-order valence-electron chi connectivity index (χ4n) is 3.71. The zero-order chi connectivity index (χ0) is 23.0. The second-order valence-corrected chi connectivity index (χ2v) is 7.60. The first-order chi connectivity index (χ1) is 15.4. The van der Waals surface area contributed by atoms with Crippen LogP contribution in [-0.4, -0.2) is 34.3 Å². The van der Waals surface area contributed by atoms with Gasteiger partial charge in [0, 0.05) is 6.42 Å². The highest BCUT2D eigenvalue weighted by molar-refractivity contribution is 6.13. The average Bonchev–Trinajstić information content (AvgIpc) is 2.81. The van der Waals surface area contributed by atoms with E-state index in [4.69, 9.17) is 9.47 Å². The van der Waals surface area contributed by atoms with Gasteiger partial charge in [-0.15, -0.1) is 0 Å². The quantitative estimate of drug-likeness (QED) is 0.541. The van der Waals surface area contributed by atoms with Crippen LogP contribution in [0, 0.1) is 0 Å². The number of benzene rings is 2. The first-order valence-corrected chi connectivity index (χ1v) is 10.5. The molecule has 2 aromatic carbocycles. The first-order valence-electron chi connectivity index (χ1n) is 10.5. The Hall–Kier alpha value is -3.68. The molecule has 8 nitrogen and oxygen atoms in total. The molecule has 1 fully saturated rings. The number of ketones is 2. The van der Waals surface area contributed by atoms with E-state index in [9.17, 15) is 19.2 Å². The van der Waals surface area contributed by atoms with E-state index < -0.39 is 29.3 Å². The lowest BCUT2D eigenvalue weighted by molar-refractivity contribution is -0.146. The van der Waals surface area contributed by atoms with Crippen molar-refractivity contribution >= 4 is 23.8 Å². The molecule has 0 spiro atoms. The summed E-state index contributed by atoms with van der Waals surface area (Å²) in [7, 11) is 0. The van der Waals surface area contributed by atoms with Gasteiger partial charge >= 0.3 is 12.2 Å². The molecule has 1 aliphatic rings. The Kier molecular flexibility index (Phi) is 7.59. The Morgan fingerprint density at radius 2 is 1.47 bits per heavy atom. The van der Waals surface area contributed by atoms with Gasteiger partial charge in [-0.05, 0) is 37.3 Å². The molecule has 1 aliphatic carbocycles. The van der Waals surface area contributed by atoms with Crippen molar-refractivity contribution < 1.29 is 28.7 Å². The van der Waals surface area contributed by atoms with Crippen molar-refractivity contribution in [3.8, 4) is 0 Å². The summed E-state index contributed by atoms with van der Waals surface area (Å²) in [5, 5.41) is 0.715. The van der Waals surface area contributed by atoms with Crippen LogP contribution in [0.25, 0.3) is 0 Å². The lowest BCUT2D eigenvalue weighted by atomic mass is 9.77. The number of hydrogen-bond donors (Lipinski definition) is 1. The van der Waals surface area contributed by atoms with Gasteiger partial charge in [0.1, 0.15) is 13.2 Å². The molecule has 3 rings (SSSR count). The maximum atomic E-state index is 13.0. The van der Waals surface area contributed by atoms with Crippen molar-refractivity contribution in [2.75, 3.05) is 0 Å². The third-order valence-corrected chi connectivity index (χ3v) is 5.42. The summed E-state index contributed by atoms with van der Waals surface area (Å²) in [6.07, 6.45) is -0.586. The molecular weight excluding hydrogens is 412 g/mol. The minimum atomic E-state index is -1.82. The Balaban J connectivity index is 1.79. The molecule has 0 aliphatic heterocycles. The van der Waals surface area contributed by atoms with Gasteiger partial charge in [-0.2, -0.15) is 5.01 Å². The summed E-state index contributed by atoms with van der Waals surface area (Å²) in [6, 6.07) is 17.9. The minimum absolute atomic E-state index is 0.0411.